The number of halogens is 4. The maximum Gasteiger partial charge on any atom is 0.352 e. The number of carbonyl (C=O) groups excluding carboxylic acids is 1. The monoisotopic (exact) mass is 620 g/mol. The summed E-state index contributed by atoms with van der Waals surface area (Å²) in [6.45, 7) is 11.1. The summed E-state index contributed by atoms with van der Waals surface area (Å²) in [5.41, 5.74) is 2.26. The molecule has 2 aromatic rings. The van der Waals surface area contributed by atoms with Crippen molar-refractivity contribution in [3.05, 3.63) is 64.2 Å². The van der Waals surface area contributed by atoms with Crippen LogP contribution in [-0.4, -0.2) is 36.1 Å². The Bertz CT molecular complexity index is 1280. The van der Waals surface area contributed by atoms with Gasteiger partial charge in [-0.3, -0.25) is 4.79 Å². The summed E-state index contributed by atoms with van der Waals surface area (Å²) in [5.74, 6) is -4.25. The summed E-state index contributed by atoms with van der Waals surface area (Å²) in [5, 5.41) is 18.0. The number of anilines is 1. The molecule has 1 aliphatic carbocycles. The van der Waals surface area contributed by atoms with Crippen molar-refractivity contribution >= 4 is 23.5 Å². The maximum absolute atomic E-state index is 14.8. The van der Waals surface area contributed by atoms with Crippen LogP contribution in [0.5, 0.6) is 0 Å². The number of ether oxygens (including phenoxy) is 1. The molecule has 44 heavy (non-hydrogen) atoms. The topological polar surface area (TPSA) is 89.3 Å². The molecule has 6 nitrogen and oxygen atoms in total. The van der Waals surface area contributed by atoms with Crippen LogP contribution in [0.3, 0.4) is 0 Å². The van der Waals surface area contributed by atoms with Gasteiger partial charge in [-0.1, -0.05) is 39.3 Å². The smallest absolute Gasteiger partial charge is 0.320 e. The highest BCUT2D eigenvalue weighted by Crippen LogP contribution is 2.39. The van der Waals surface area contributed by atoms with E-state index in [9.17, 15) is 22.4 Å². The van der Waals surface area contributed by atoms with E-state index in [1.54, 1.807) is 37.3 Å². The number of nitrogens with one attached hydrogen (secondary N) is 3. The van der Waals surface area contributed by atoms with Crippen LogP contribution < -0.4 is 10.2 Å². The predicted octanol–water partition coefficient (Wildman–Crippen LogP) is 9.21. The third-order valence-corrected chi connectivity index (χ3v) is 7.78. The molecule has 10 heteroatoms. The van der Waals surface area contributed by atoms with Crippen molar-refractivity contribution in [2.24, 2.45) is 0 Å². The summed E-state index contributed by atoms with van der Waals surface area (Å²) >= 11 is 0. The molecule has 2 aromatic carbocycles. The van der Waals surface area contributed by atoms with Gasteiger partial charge in [-0.25, -0.2) is 8.78 Å². The Balaban J connectivity index is 0.00000127. The summed E-state index contributed by atoms with van der Waals surface area (Å²) in [7, 11) is 0. The number of rotatable bonds is 12. The van der Waals surface area contributed by atoms with Gasteiger partial charge in [-0.2, -0.15) is 8.78 Å². The fourth-order valence-corrected chi connectivity index (χ4v) is 5.35. The fraction of sp³-hybridized carbons (Fsp3) is 0.559. The molecule has 4 rings (SSSR count). The number of fused-ring (bicyclic) bond motifs is 1. The van der Waals surface area contributed by atoms with Crippen molar-refractivity contribution < 1.29 is 27.1 Å². The first-order chi connectivity index (χ1) is 20.6. The molecule has 244 valence electrons. The number of hydrogen-bond donors (Lipinski definition) is 3. The number of nitrogens with zero attached hydrogens (tertiary/aromatic N) is 1. The molecule has 0 spiro atoms. The molecule has 0 saturated heterocycles. The Morgan fingerprint density at radius 2 is 1.80 bits per heavy atom. The van der Waals surface area contributed by atoms with Crippen LogP contribution in [0.4, 0.5) is 23.2 Å². The van der Waals surface area contributed by atoms with Crippen LogP contribution in [0.1, 0.15) is 119 Å². The van der Waals surface area contributed by atoms with E-state index in [4.69, 9.17) is 15.6 Å². The number of carbonyl (C=O) groups is 1. The van der Waals surface area contributed by atoms with Gasteiger partial charge in [-0.15, -0.1) is 0 Å². The Kier molecular flexibility index (Phi) is 13.3. The minimum atomic E-state index is -3.35. The third kappa shape index (κ3) is 9.69. The van der Waals surface area contributed by atoms with Crippen molar-refractivity contribution in [2.75, 3.05) is 11.5 Å². The first-order valence-corrected chi connectivity index (χ1v) is 15.4. The Hall–Kier alpha value is -3.11. The first kappa shape index (κ1) is 37.1. The van der Waals surface area contributed by atoms with Crippen molar-refractivity contribution in [3.63, 3.8) is 0 Å². The molecule has 1 unspecified atom stereocenters. The quantitative estimate of drug-likeness (QED) is 0.163. The zero-order valence-corrected chi connectivity index (χ0v) is 27.1. The second kappa shape index (κ2) is 15.8. The minimum absolute atomic E-state index is 0.0160. The lowest BCUT2D eigenvalue weighted by atomic mass is 9.78. The van der Waals surface area contributed by atoms with E-state index >= 15 is 0 Å². The van der Waals surface area contributed by atoms with Crippen molar-refractivity contribution in [1.29, 1.82) is 10.8 Å². The predicted molar refractivity (Wildman–Crippen MR) is 170 cm³/mol. The Morgan fingerprint density at radius 1 is 1.16 bits per heavy atom. The van der Waals surface area contributed by atoms with Gasteiger partial charge in [0, 0.05) is 54.4 Å². The van der Waals surface area contributed by atoms with E-state index in [1.165, 1.54) is 17.2 Å². The first-order valence-electron chi connectivity index (χ1n) is 15.4. The summed E-state index contributed by atoms with van der Waals surface area (Å²) < 4.78 is 61.2. The standard InChI is InChI=1S/C30H37F4N3O2.C2H5N.C2H6/c1-5-8-26(35)24(18-39-30(4,33)34)20-9-6-10-21(15-20)37-17-23-22(27(37)38)13-19(14-25(23)29(3,31)32)16-36-28(2)11-7-12-28;1-2-3;1-2/h6,9-10,13-15,24,35-36H,5,7-8,11-12,16-18H2,1-4H3;2-3H,1H3;1-2H3. The van der Waals surface area contributed by atoms with Gasteiger partial charge in [-0.05, 0) is 86.7 Å². The Morgan fingerprint density at radius 3 is 2.32 bits per heavy atom. The van der Waals surface area contributed by atoms with Crippen molar-refractivity contribution in [2.45, 2.75) is 117 Å². The normalized spacial score (nSPS) is 16.1. The lowest BCUT2D eigenvalue weighted by molar-refractivity contribution is -0.224. The molecule has 1 saturated carbocycles. The molecular formula is C34H48F4N4O2. The molecular weight excluding hydrogens is 572 g/mol. The van der Waals surface area contributed by atoms with E-state index in [2.05, 4.69) is 12.2 Å². The van der Waals surface area contributed by atoms with Crippen LogP contribution in [0, 0.1) is 10.8 Å². The molecule has 0 bridgehead atoms. The second-order valence-corrected chi connectivity index (χ2v) is 11.5. The van der Waals surface area contributed by atoms with Gasteiger partial charge < -0.3 is 25.8 Å². The van der Waals surface area contributed by atoms with E-state index < -0.39 is 17.9 Å². The van der Waals surface area contributed by atoms with E-state index in [0.29, 0.717) is 48.7 Å². The van der Waals surface area contributed by atoms with Crippen molar-refractivity contribution in [3.8, 4) is 0 Å². The highest BCUT2D eigenvalue weighted by molar-refractivity contribution is 6.10. The van der Waals surface area contributed by atoms with E-state index in [1.807, 2.05) is 20.8 Å². The molecule has 0 aromatic heterocycles. The summed E-state index contributed by atoms with van der Waals surface area (Å²) in [6, 6.07) is 9.93. The minimum Gasteiger partial charge on any atom is -0.320 e. The fourth-order valence-electron chi connectivity index (χ4n) is 5.35. The lowest BCUT2D eigenvalue weighted by Crippen LogP contribution is -2.47. The van der Waals surface area contributed by atoms with Gasteiger partial charge in [0.05, 0.1) is 13.2 Å². The van der Waals surface area contributed by atoms with Crippen LogP contribution >= 0.6 is 0 Å². The molecule has 0 radical (unpaired) electrons. The second-order valence-electron chi connectivity index (χ2n) is 11.5. The summed E-state index contributed by atoms with van der Waals surface area (Å²) in [4.78, 5) is 15.0. The number of alkyl halides is 4. The summed E-state index contributed by atoms with van der Waals surface area (Å²) in [6.07, 6.45) is 2.16. The molecule has 1 amide bonds. The average molecular weight is 621 g/mol. The van der Waals surface area contributed by atoms with Crippen LogP contribution in [0.2, 0.25) is 0 Å². The molecule has 3 N–H and O–H groups in total. The van der Waals surface area contributed by atoms with E-state index in [0.717, 1.165) is 26.2 Å². The van der Waals surface area contributed by atoms with Gasteiger partial charge in [0.1, 0.15) is 0 Å². The zero-order chi connectivity index (χ0) is 33.3. The van der Waals surface area contributed by atoms with Gasteiger partial charge in [0.25, 0.3) is 11.8 Å². The number of benzene rings is 2. The van der Waals surface area contributed by atoms with Crippen molar-refractivity contribution in [1.82, 2.24) is 5.32 Å². The third-order valence-electron chi connectivity index (χ3n) is 7.78. The largest absolute Gasteiger partial charge is 0.352 e. The van der Waals surface area contributed by atoms with Crippen LogP contribution in [0.25, 0.3) is 0 Å². The zero-order valence-electron chi connectivity index (χ0n) is 27.1. The molecule has 1 heterocycles. The maximum atomic E-state index is 14.8. The van der Waals surface area contributed by atoms with Crippen LogP contribution in [0.15, 0.2) is 36.4 Å². The highest BCUT2D eigenvalue weighted by atomic mass is 19.3. The molecule has 2 aliphatic rings. The van der Waals surface area contributed by atoms with Gasteiger partial charge in [0.2, 0.25) is 0 Å². The molecule has 1 aliphatic heterocycles. The SMILES string of the molecule is CC.CC=N.CCCC(=N)C(COC(C)(F)F)c1cccc(N2Cc3c(cc(CNC4(C)CCC4)cc3C(C)(F)F)C2=O)c1. The Labute approximate surface area is 259 Å². The lowest BCUT2D eigenvalue weighted by Gasteiger charge is -2.39. The highest BCUT2D eigenvalue weighted by Gasteiger charge is 2.38. The average Bonchev–Trinajstić information content (AvgIpc) is 3.27. The number of amides is 1. The van der Waals surface area contributed by atoms with Gasteiger partial charge in [0.15, 0.2) is 0 Å². The molecule has 1 atom stereocenters. The number of hydrogen-bond acceptors (Lipinski definition) is 5. The van der Waals surface area contributed by atoms with Gasteiger partial charge >= 0.3 is 6.11 Å². The van der Waals surface area contributed by atoms with E-state index in [-0.39, 0.29) is 41.4 Å². The van der Waals surface area contributed by atoms with Crippen LogP contribution in [-0.2, 0) is 23.7 Å². The molecule has 1 fully saturated rings.